The Morgan fingerprint density at radius 2 is 1.86 bits per heavy atom. The normalized spacial score (nSPS) is 10.9. The van der Waals surface area contributed by atoms with E-state index in [1.807, 2.05) is 50.2 Å². The minimum absolute atomic E-state index is 0.0302. The third kappa shape index (κ3) is 4.83. The van der Waals surface area contributed by atoms with E-state index in [1.165, 1.54) is 9.47 Å². The van der Waals surface area contributed by atoms with Crippen molar-refractivity contribution >= 4 is 17.4 Å². The number of aromatic amines is 1. The second-order valence-corrected chi connectivity index (χ2v) is 8.37. The zero-order chi connectivity index (χ0) is 25.7. The van der Waals surface area contributed by atoms with Crippen LogP contribution in [0.2, 0.25) is 0 Å². The molecule has 0 aliphatic heterocycles. The number of nitrogens with zero attached hydrogens (tertiary/aromatic N) is 5. The average molecular weight is 488 g/mol. The smallest absolute Gasteiger partial charge is 0.330 e. The molecule has 10 heteroatoms. The Kier molecular flexibility index (Phi) is 7.43. The Bertz CT molecular complexity index is 1460. The molecule has 0 saturated carbocycles. The van der Waals surface area contributed by atoms with Gasteiger partial charge in [-0.1, -0.05) is 38.5 Å². The summed E-state index contributed by atoms with van der Waals surface area (Å²) in [5.74, 6) is -0.479. The topological polar surface area (TPSA) is 132 Å². The summed E-state index contributed by atoms with van der Waals surface area (Å²) < 4.78 is 2.93. The van der Waals surface area contributed by atoms with Gasteiger partial charge in [-0.25, -0.2) is 9.48 Å². The van der Waals surface area contributed by atoms with Crippen molar-refractivity contribution in [3.05, 3.63) is 87.5 Å². The van der Waals surface area contributed by atoms with Crippen molar-refractivity contribution in [2.45, 2.75) is 39.7 Å². The summed E-state index contributed by atoms with van der Waals surface area (Å²) in [5.41, 5.74) is 7.14. The molecule has 0 unspecified atom stereocenters. The van der Waals surface area contributed by atoms with Gasteiger partial charge in [-0.3, -0.25) is 24.1 Å². The summed E-state index contributed by atoms with van der Waals surface area (Å²) in [5, 5.41) is 4.68. The molecule has 4 aromatic rings. The number of nitrogens with two attached hydrogens (primary N) is 1. The van der Waals surface area contributed by atoms with Gasteiger partial charge in [0, 0.05) is 37.2 Å². The van der Waals surface area contributed by atoms with Crippen LogP contribution >= 0.6 is 0 Å². The van der Waals surface area contributed by atoms with Crippen molar-refractivity contribution in [3.8, 4) is 16.9 Å². The van der Waals surface area contributed by atoms with Crippen molar-refractivity contribution in [1.29, 1.82) is 0 Å². The van der Waals surface area contributed by atoms with Gasteiger partial charge >= 0.3 is 5.69 Å². The molecule has 0 spiro atoms. The number of aromatic nitrogens is 5. The lowest BCUT2D eigenvalue weighted by Gasteiger charge is -2.24. The van der Waals surface area contributed by atoms with Crippen LogP contribution in [0.5, 0.6) is 0 Å². The first-order valence-electron chi connectivity index (χ1n) is 12.0. The van der Waals surface area contributed by atoms with E-state index in [0.29, 0.717) is 30.6 Å². The number of para-hydroxylation sites is 1. The van der Waals surface area contributed by atoms with E-state index < -0.39 is 17.2 Å². The predicted octanol–water partition coefficient (Wildman–Crippen LogP) is 3.22. The van der Waals surface area contributed by atoms with E-state index in [-0.39, 0.29) is 23.6 Å². The number of carbonyl (C=O) groups excluding carboxylic acids is 1. The van der Waals surface area contributed by atoms with Crippen LogP contribution in [-0.2, 0) is 6.54 Å². The first-order chi connectivity index (χ1) is 17.5. The molecule has 0 saturated heterocycles. The maximum absolute atomic E-state index is 14.0. The van der Waals surface area contributed by atoms with Crippen LogP contribution in [0.4, 0.5) is 11.5 Å². The highest BCUT2D eigenvalue weighted by molar-refractivity contribution is 6.10. The second kappa shape index (κ2) is 10.9. The van der Waals surface area contributed by atoms with Crippen LogP contribution in [0.3, 0.4) is 0 Å². The van der Waals surface area contributed by atoms with E-state index in [2.05, 4.69) is 15.1 Å². The van der Waals surface area contributed by atoms with Crippen LogP contribution in [0, 0.1) is 0 Å². The first-order valence-corrected chi connectivity index (χ1v) is 12.0. The molecular formula is C26H29N7O3. The number of H-pyrrole nitrogens is 1. The lowest BCUT2D eigenvalue weighted by molar-refractivity contribution is 0.0987. The number of nitrogens with one attached hydrogen (secondary N) is 1. The molecule has 0 aliphatic carbocycles. The van der Waals surface area contributed by atoms with Crippen LogP contribution in [0.1, 0.15) is 43.5 Å². The fourth-order valence-corrected chi connectivity index (χ4v) is 4.02. The molecule has 3 heterocycles. The average Bonchev–Trinajstić information content (AvgIpc) is 3.34. The summed E-state index contributed by atoms with van der Waals surface area (Å²) in [7, 11) is 0. The quantitative estimate of drug-likeness (QED) is 0.373. The molecule has 4 rings (SSSR count). The van der Waals surface area contributed by atoms with Crippen molar-refractivity contribution < 1.29 is 4.79 Å². The molecule has 186 valence electrons. The number of rotatable bonds is 9. The second-order valence-electron chi connectivity index (χ2n) is 8.37. The molecule has 0 atom stereocenters. The molecule has 0 radical (unpaired) electrons. The third-order valence-electron chi connectivity index (χ3n) is 5.81. The number of pyridine rings is 1. The first kappa shape index (κ1) is 24.6. The molecule has 3 aromatic heterocycles. The highest BCUT2D eigenvalue weighted by atomic mass is 16.2. The standard InChI is InChI=1S/C26H29N7O3/c1-3-5-15-32-23(27)22(24(34)29-26(32)36)31(14-4-2)25(35)20-17-33(19-11-7-6-8-12-19)30-21(20)18-10-9-13-28-16-18/h6-13,16-17H,3-5,14-15,27H2,1-2H3,(H,29,34,36). The van der Waals surface area contributed by atoms with E-state index in [4.69, 9.17) is 5.73 Å². The van der Waals surface area contributed by atoms with Crippen molar-refractivity contribution in [3.63, 3.8) is 0 Å². The maximum Gasteiger partial charge on any atom is 0.330 e. The molecule has 1 amide bonds. The van der Waals surface area contributed by atoms with Crippen molar-refractivity contribution in [2.24, 2.45) is 0 Å². The zero-order valence-corrected chi connectivity index (χ0v) is 20.3. The molecule has 10 nitrogen and oxygen atoms in total. The highest BCUT2D eigenvalue weighted by Crippen LogP contribution is 2.27. The van der Waals surface area contributed by atoms with Gasteiger partial charge in [0.15, 0.2) is 5.69 Å². The Hall–Kier alpha value is -4.47. The highest BCUT2D eigenvalue weighted by Gasteiger charge is 2.28. The Morgan fingerprint density at radius 3 is 2.53 bits per heavy atom. The van der Waals surface area contributed by atoms with Gasteiger partial charge in [-0.05, 0) is 37.1 Å². The Morgan fingerprint density at radius 1 is 1.08 bits per heavy atom. The van der Waals surface area contributed by atoms with E-state index in [9.17, 15) is 14.4 Å². The number of amides is 1. The molecular weight excluding hydrogens is 458 g/mol. The van der Waals surface area contributed by atoms with E-state index in [0.717, 1.165) is 12.1 Å². The molecule has 1 aromatic carbocycles. The lowest BCUT2D eigenvalue weighted by Crippen LogP contribution is -2.41. The van der Waals surface area contributed by atoms with Gasteiger partial charge in [0.2, 0.25) is 0 Å². The minimum atomic E-state index is -0.703. The van der Waals surface area contributed by atoms with Gasteiger partial charge < -0.3 is 10.6 Å². The number of benzene rings is 1. The van der Waals surface area contributed by atoms with Crippen LogP contribution in [0.25, 0.3) is 16.9 Å². The number of hydrogen-bond donors (Lipinski definition) is 2. The fraction of sp³-hybridized carbons (Fsp3) is 0.269. The summed E-state index contributed by atoms with van der Waals surface area (Å²) in [6.07, 6.45) is 7.01. The summed E-state index contributed by atoms with van der Waals surface area (Å²) in [6, 6.07) is 13.0. The van der Waals surface area contributed by atoms with Crippen molar-refractivity contribution in [2.75, 3.05) is 17.2 Å². The van der Waals surface area contributed by atoms with Gasteiger partial charge in [0.1, 0.15) is 11.5 Å². The lowest BCUT2D eigenvalue weighted by atomic mass is 10.1. The van der Waals surface area contributed by atoms with Gasteiger partial charge in [0.25, 0.3) is 11.5 Å². The third-order valence-corrected chi connectivity index (χ3v) is 5.81. The van der Waals surface area contributed by atoms with Gasteiger partial charge in [-0.15, -0.1) is 0 Å². The summed E-state index contributed by atoms with van der Waals surface area (Å²) in [6.45, 7) is 4.45. The van der Waals surface area contributed by atoms with Crippen LogP contribution in [-0.4, -0.2) is 36.8 Å². The van der Waals surface area contributed by atoms with Crippen LogP contribution in [0.15, 0.2) is 70.6 Å². The summed E-state index contributed by atoms with van der Waals surface area (Å²) in [4.78, 5) is 47.3. The maximum atomic E-state index is 14.0. The fourth-order valence-electron chi connectivity index (χ4n) is 4.02. The predicted molar refractivity (Wildman–Crippen MR) is 139 cm³/mol. The minimum Gasteiger partial charge on any atom is -0.383 e. The van der Waals surface area contributed by atoms with Crippen molar-refractivity contribution in [1.82, 2.24) is 24.3 Å². The summed E-state index contributed by atoms with van der Waals surface area (Å²) >= 11 is 0. The zero-order valence-electron chi connectivity index (χ0n) is 20.3. The molecule has 0 aliphatic rings. The largest absolute Gasteiger partial charge is 0.383 e. The molecule has 0 bridgehead atoms. The molecule has 3 N–H and O–H groups in total. The molecule has 36 heavy (non-hydrogen) atoms. The number of nitrogen functional groups attached to an aromatic ring is 1. The van der Waals surface area contributed by atoms with E-state index >= 15 is 0 Å². The van der Waals surface area contributed by atoms with E-state index in [1.54, 1.807) is 29.3 Å². The van der Waals surface area contributed by atoms with Gasteiger partial charge in [-0.2, -0.15) is 5.10 Å². The molecule has 0 fully saturated rings. The van der Waals surface area contributed by atoms with Gasteiger partial charge in [0.05, 0.1) is 11.3 Å². The monoisotopic (exact) mass is 487 g/mol. The van der Waals surface area contributed by atoms with Crippen LogP contribution < -0.4 is 21.9 Å². The number of hydrogen-bond acceptors (Lipinski definition) is 6. The number of unbranched alkanes of at least 4 members (excludes halogenated alkanes) is 1. The Balaban J connectivity index is 1.88. The number of carbonyl (C=O) groups is 1. The number of anilines is 2. The Labute approximate surface area is 208 Å². The SMILES string of the molecule is CCCCn1c(N)c(N(CCC)C(=O)c2cn(-c3ccccc3)nc2-c2cccnc2)c(=O)[nH]c1=O.